The Morgan fingerprint density at radius 2 is 1.90 bits per heavy atom. The lowest BCUT2D eigenvalue weighted by Crippen LogP contribution is -2.30. The summed E-state index contributed by atoms with van der Waals surface area (Å²) in [5.74, 6) is -0.285. The molecule has 1 aromatic heterocycles. The third-order valence-corrected chi connectivity index (χ3v) is 5.84. The molecule has 5 nitrogen and oxygen atoms in total. The number of benzene rings is 2. The summed E-state index contributed by atoms with van der Waals surface area (Å²) in [7, 11) is 0. The Kier molecular flexibility index (Phi) is 4.01. The maximum atomic E-state index is 14.7. The minimum atomic E-state index is -0.540. The van der Waals surface area contributed by atoms with Crippen LogP contribution in [-0.4, -0.2) is 16.0 Å². The number of nitrogens with zero attached hydrogens (tertiary/aromatic N) is 1. The van der Waals surface area contributed by atoms with E-state index >= 15 is 0 Å². The number of hydrogen-bond donors (Lipinski definition) is 2. The van der Waals surface area contributed by atoms with Gasteiger partial charge in [0.25, 0.3) is 0 Å². The molecule has 1 aliphatic heterocycles. The number of fused-ring (bicyclic) bond motifs is 1. The van der Waals surface area contributed by atoms with Crippen molar-refractivity contribution in [1.82, 2.24) is 5.16 Å². The van der Waals surface area contributed by atoms with Crippen molar-refractivity contribution in [3.8, 4) is 5.75 Å². The van der Waals surface area contributed by atoms with Crippen molar-refractivity contribution in [2.75, 3.05) is 5.32 Å². The zero-order chi connectivity index (χ0) is 20.1. The van der Waals surface area contributed by atoms with Gasteiger partial charge >= 0.3 is 0 Å². The van der Waals surface area contributed by atoms with E-state index in [2.05, 4.69) is 10.5 Å². The maximum Gasteiger partial charge on any atom is 0.233 e. The summed E-state index contributed by atoms with van der Waals surface area (Å²) in [6.07, 6.45) is 0.923. The van der Waals surface area contributed by atoms with Crippen LogP contribution in [0.15, 0.2) is 64.3 Å². The molecule has 0 saturated heterocycles. The summed E-state index contributed by atoms with van der Waals surface area (Å²) >= 11 is 0. The van der Waals surface area contributed by atoms with Crippen LogP contribution < -0.4 is 5.32 Å². The molecule has 2 aliphatic rings. The van der Waals surface area contributed by atoms with Crippen LogP contribution in [0, 0.1) is 12.7 Å². The zero-order valence-corrected chi connectivity index (χ0v) is 15.8. The first kappa shape index (κ1) is 17.7. The number of ketones is 1. The molecule has 29 heavy (non-hydrogen) atoms. The maximum absolute atomic E-state index is 14.7. The van der Waals surface area contributed by atoms with Gasteiger partial charge in [-0.1, -0.05) is 35.5 Å². The summed E-state index contributed by atoms with van der Waals surface area (Å²) in [4.78, 5) is 13.3. The number of aromatic nitrogens is 1. The molecule has 0 fully saturated rings. The number of aryl methyl sites for hydroxylation is 1. The average Bonchev–Trinajstić information content (AvgIpc) is 3.08. The quantitative estimate of drug-likeness (QED) is 0.658. The van der Waals surface area contributed by atoms with E-state index in [0.29, 0.717) is 41.1 Å². The molecular weight excluding hydrogens is 371 g/mol. The van der Waals surface area contributed by atoms with E-state index in [0.717, 1.165) is 11.3 Å². The van der Waals surface area contributed by atoms with E-state index in [1.165, 1.54) is 6.07 Å². The van der Waals surface area contributed by atoms with Crippen molar-refractivity contribution >= 4 is 11.7 Å². The largest absolute Gasteiger partial charge is 0.508 e. The molecular formula is C23H19FN2O3. The summed E-state index contributed by atoms with van der Waals surface area (Å²) in [6, 6.07) is 13.4. The lowest BCUT2D eigenvalue weighted by molar-refractivity contribution is -0.116. The molecule has 2 atom stereocenters. The molecule has 3 aromatic rings. The zero-order valence-electron chi connectivity index (χ0n) is 15.8. The van der Waals surface area contributed by atoms with Crippen molar-refractivity contribution in [3.63, 3.8) is 0 Å². The molecule has 5 rings (SSSR count). The standard InChI is InChI=1S/C23H19FN2O3/c1-12-20-21(16-4-2-3-5-17(16)24)22-18(25-23(20)29-26-12)10-14(11-19(22)28)13-6-8-15(27)9-7-13/h2-9,14,21,25,27H,10-11H2,1H3/t14-,21+/m0/s1. The Hall–Kier alpha value is -3.41. The number of carbonyl (C=O) groups is 1. The van der Waals surface area contributed by atoms with E-state index in [-0.39, 0.29) is 23.3 Å². The topological polar surface area (TPSA) is 75.4 Å². The molecule has 0 bridgehead atoms. The van der Waals surface area contributed by atoms with Gasteiger partial charge in [-0.2, -0.15) is 0 Å². The smallest absolute Gasteiger partial charge is 0.233 e. The van der Waals surface area contributed by atoms with Crippen molar-refractivity contribution in [1.29, 1.82) is 0 Å². The predicted molar refractivity (Wildman–Crippen MR) is 105 cm³/mol. The fraction of sp³-hybridized carbons (Fsp3) is 0.217. The number of phenolic OH excluding ortho intramolecular Hbond substituents is 1. The second kappa shape index (κ2) is 6.58. The predicted octanol–water partition coefficient (Wildman–Crippen LogP) is 4.79. The van der Waals surface area contributed by atoms with Crippen LogP contribution in [0.25, 0.3) is 0 Å². The molecule has 2 heterocycles. The lowest BCUT2D eigenvalue weighted by Gasteiger charge is -2.34. The van der Waals surface area contributed by atoms with E-state index in [9.17, 15) is 14.3 Å². The number of allylic oxidation sites excluding steroid dienone is 2. The fourth-order valence-electron chi connectivity index (χ4n) is 4.47. The molecule has 2 aromatic carbocycles. The van der Waals surface area contributed by atoms with Crippen LogP contribution in [0.4, 0.5) is 10.3 Å². The van der Waals surface area contributed by atoms with Crippen molar-refractivity contribution in [2.45, 2.75) is 31.6 Å². The normalized spacial score (nSPS) is 20.8. The van der Waals surface area contributed by atoms with E-state index < -0.39 is 5.92 Å². The van der Waals surface area contributed by atoms with Gasteiger partial charge in [-0.25, -0.2) is 4.39 Å². The average molecular weight is 390 g/mol. The number of rotatable bonds is 2. The molecule has 0 unspecified atom stereocenters. The van der Waals surface area contributed by atoms with Gasteiger partial charge in [0.05, 0.1) is 11.3 Å². The fourth-order valence-corrected chi connectivity index (χ4v) is 4.47. The van der Waals surface area contributed by atoms with E-state index in [1.54, 1.807) is 37.3 Å². The molecule has 1 aliphatic carbocycles. The number of aromatic hydroxyl groups is 1. The minimum absolute atomic E-state index is 0.0173. The SMILES string of the molecule is Cc1noc2c1[C@@H](c1ccccc1F)C1=C(C[C@H](c3ccc(O)cc3)CC1=O)N2. The first-order valence-corrected chi connectivity index (χ1v) is 9.55. The minimum Gasteiger partial charge on any atom is -0.508 e. The van der Waals surface area contributed by atoms with Gasteiger partial charge in [-0.3, -0.25) is 4.79 Å². The highest BCUT2D eigenvalue weighted by Crippen LogP contribution is 2.49. The lowest BCUT2D eigenvalue weighted by atomic mass is 9.72. The number of hydrogen-bond acceptors (Lipinski definition) is 5. The third kappa shape index (κ3) is 2.83. The first-order chi connectivity index (χ1) is 14.0. The van der Waals surface area contributed by atoms with Crippen LogP contribution >= 0.6 is 0 Å². The Labute approximate surface area is 166 Å². The number of halogens is 1. The molecule has 6 heteroatoms. The number of carbonyl (C=O) groups excluding carboxylic acids is 1. The van der Waals surface area contributed by atoms with Gasteiger partial charge in [0, 0.05) is 29.2 Å². The van der Waals surface area contributed by atoms with E-state index in [4.69, 9.17) is 4.52 Å². The number of phenols is 1. The molecule has 0 amide bonds. The van der Waals surface area contributed by atoms with Gasteiger partial charge < -0.3 is 14.9 Å². The van der Waals surface area contributed by atoms with Crippen LogP contribution in [0.2, 0.25) is 0 Å². The summed E-state index contributed by atoms with van der Waals surface area (Å²) in [5.41, 5.74) is 4.11. The Bertz CT molecular complexity index is 1150. The Balaban J connectivity index is 1.63. The Morgan fingerprint density at radius 3 is 2.66 bits per heavy atom. The first-order valence-electron chi connectivity index (χ1n) is 9.55. The highest BCUT2D eigenvalue weighted by atomic mass is 19.1. The van der Waals surface area contributed by atoms with Crippen LogP contribution in [0.3, 0.4) is 0 Å². The monoisotopic (exact) mass is 390 g/mol. The molecule has 0 saturated carbocycles. The number of nitrogens with one attached hydrogen (secondary N) is 1. The summed E-state index contributed by atoms with van der Waals surface area (Å²) < 4.78 is 20.2. The van der Waals surface area contributed by atoms with Gasteiger partial charge in [0.1, 0.15) is 11.6 Å². The van der Waals surface area contributed by atoms with Crippen LogP contribution in [0.5, 0.6) is 5.75 Å². The molecule has 146 valence electrons. The third-order valence-electron chi connectivity index (χ3n) is 5.84. The van der Waals surface area contributed by atoms with Crippen molar-refractivity contribution in [2.24, 2.45) is 0 Å². The summed E-state index contributed by atoms with van der Waals surface area (Å²) in [6.45, 7) is 1.80. The van der Waals surface area contributed by atoms with Crippen molar-refractivity contribution < 1.29 is 18.8 Å². The highest BCUT2D eigenvalue weighted by molar-refractivity contribution is 6.01. The molecule has 2 N–H and O–H groups in total. The second-order valence-electron chi connectivity index (χ2n) is 7.60. The Morgan fingerprint density at radius 1 is 1.14 bits per heavy atom. The number of anilines is 1. The van der Waals surface area contributed by atoms with Gasteiger partial charge in [0.2, 0.25) is 5.88 Å². The molecule has 0 radical (unpaired) electrons. The van der Waals surface area contributed by atoms with Gasteiger partial charge in [0.15, 0.2) is 5.78 Å². The summed E-state index contributed by atoms with van der Waals surface area (Å²) in [5, 5.41) is 16.8. The molecule has 0 spiro atoms. The van der Waals surface area contributed by atoms with Crippen molar-refractivity contribution in [3.05, 3.63) is 88.0 Å². The highest BCUT2D eigenvalue weighted by Gasteiger charge is 2.41. The second-order valence-corrected chi connectivity index (χ2v) is 7.60. The van der Waals surface area contributed by atoms with Crippen LogP contribution in [0.1, 0.15) is 47.1 Å². The number of Topliss-reactive ketones (excluding diaryl/α,β-unsaturated/α-hetero) is 1. The van der Waals surface area contributed by atoms with Gasteiger partial charge in [-0.15, -0.1) is 0 Å². The van der Waals surface area contributed by atoms with Crippen LogP contribution in [-0.2, 0) is 4.79 Å². The van der Waals surface area contributed by atoms with Gasteiger partial charge in [-0.05, 0) is 43.0 Å². The van der Waals surface area contributed by atoms with E-state index in [1.807, 2.05) is 12.1 Å².